The fourth-order valence-electron chi connectivity index (χ4n) is 8.93. The Morgan fingerprint density at radius 3 is 1.90 bits per heavy atom. The molecule has 4 heteroatoms. The standard InChI is InChI=1S/C48H28N4/c1-2-15-30(16-3-1)46-43-31-17-5-4-14-29(31)26-27-38(43)49-48(50-46)52-41-25-13-10-22-36(41)44-42(52)28-37-34-20-9-12-24-40(34)51-39-23-11-8-19-33(39)32-18-6-7-21-35(32)45(44)47(37)51/h1-28H. The molecule has 0 atom stereocenters. The quantitative estimate of drug-likeness (QED) is 0.173. The van der Waals surface area contributed by atoms with E-state index in [9.17, 15) is 0 Å². The van der Waals surface area contributed by atoms with Crippen LogP contribution in [0.25, 0.3) is 110 Å². The Labute approximate surface area is 298 Å². The molecule has 0 saturated carbocycles. The highest BCUT2D eigenvalue weighted by molar-refractivity contribution is 6.28. The van der Waals surface area contributed by atoms with Crippen molar-refractivity contribution in [3.63, 3.8) is 0 Å². The summed E-state index contributed by atoms with van der Waals surface area (Å²) >= 11 is 0. The highest BCUT2D eigenvalue weighted by Gasteiger charge is 2.29. The van der Waals surface area contributed by atoms with Crippen molar-refractivity contribution in [2.45, 2.75) is 0 Å². The second kappa shape index (κ2) is 10.3. The highest BCUT2D eigenvalue weighted by Crippen LogP contribution is 2.51. The van der Waals surface area contributed by atoms with Crippen molar-refractivity contribution in [2.75, 3.05) is 0 Å². The first-order chi connectivity index (χ1) is 25.8. The normalized spacial score (nSPS) is 12.2. The minimum Gasteiger partial charge on any atom is -0.308 e. The van der Waals surface area contributed by atoms with Gasteiger partial charge >= 0.3 is 0 Å². The summed E-state index contributed by atoms with van der Waals surface area (Å²) in [4.78, 5) is 10.9. The van der Waals surface area contributed by atoms with Gasteiger partial charge in [0.1, 0.15) is 0 Å². The third kappa shape index (κ3) is 3.60. The summed E-state index contributed by atoms with van der Waals surface area (Å²) in [5.74, 6) is 0.660. The molecule has 0 N–H and O–H groups in total. The number of fused-ring (bicyclic) bond motifs is 15. The van der Waals surface area contributed by atoms with Crippen molar-refractivity contribution in [3.05, 3.63) is 170 Å². The van der Waals surface area contributed by atoms with Gasteiger partial charge < -0.3 is 4.57 Å². The van der Waals surface area contributed by atoms with Gasteiger partial charge in [0.25, 0.3) is 0 Å². The Morgan fingerprint density at radius 1 is 0.404 bits per heavy atom. The van der Waals surface area contributed by atoms with E-state index >= 15 is 0 Å². The molecule has 8 aromatic carbocycles. The molecule has 12 rings (SSSR count). The lowest BCUT2D eigenvalue weighted by Gasteiger charge is -2.14. The van der Waals surface area contributed by atoms with E-state index in [4.69, 9.17) is 9.97 Å². The van der Waals surface area contributed by atoms with E-state index in [0.29, 0.717) is 5.95 Å². The predicted molar refractivity (Wildman–Crippen MR) is 216 cm³/mol. The van der Waals surface area contributed by atoms with Crippen molar-refractivity contribution in [2.24, 2.45) is 0 Å². The van der Waals surface area contributed by atoms with Gasteiger partial charge in [-0.2, -0.15) is 0 Å². The second-order valence-electron chi connectivity index (χ2n) is 13.7. The van der Waals surface area contributed by atoms with E-state index in [-0.39, 0.29) is 0 Å². The Balaban J connectivity index is 1.30. The maximum atomic E-state index is 5.52. The van der Waals surface area contributed by atoms with Crippen LogP contribution in [0.3, 0.4) is 0 Å². The molecule has 0 aliphatic carbocycles. The van der Waals surface area contributed by atoms with Gasteiger partial charge in [-0.05, 0) is 52.2 Å². The molecule has 1 aliphatic rings. The van der Waals surface area contributed by atoms with Gasteiger partial charge in [-0.1, -0.05) is 140 Å². The Hall–Kier alpha value is -7.04. The molecular weight excluding hydrogens is 633 g/mol. The molecule has 0 bridgehead atoms. The van der Waals surface area contributed by atoms with Gasteiger partial charge in [-0.25, -0.2) is 9.97 Å². The minimum atomic E-state index is 0.660. The molecule has 240 valence electrons. The molecule has 11 aromatic rings. The lowest BCUT2D eigenvalue weighted by atomic mass is 9.91. The summed E-state index contributed by atoms with van der Waals surface area (Å²) in [6, 6.07) is 61.1. The van der Waals surface area contributed by atoms with Crippen LogP contribution < -0.4 is 0 Å². The monoisotopic (exact) mass is 660 g/mol. The van der Waals surface area contributed by atoms with Crippen LogP contribution in [0.2, 0.25) is 0 Å². The molecule has 0 amide bonds. The van der Waals surface area contributed by atoms with Crippen molar-refractivity contribution >= 4 is 65.3 Å². The van der Waals surface area contributed by atoms with Crippen molar-refractivity contribution in [3.8, 4) is 45.1 Å². The lowest BCUT2D eigenvalue weighted by Crippen LogP contribution is -2.04. The maximum absolute atomic E-state index is 5.52. The summed E-state index contributed by atoms with van der Waals surface area (Å²) in [5.41, 5.74) is 13.6. The number of nitrogens with zero attached hydrogens (tertiary/aromatic N) is 4. The largest absolute Gasteiger partial charge is 0.308 e. The topological polar surface area (TPSA) is 35.6 Å². The summed E-state index contributed by atoms with van der Waals surface area (Å²) in [6.45, 7) is 0. The average Bonchev–Trinajstić information content (AvgIpc) is 3.68. The zero-order chi connectivity index (χ0) is 33.9. The molecule has 0 fully saturated rings. The van der Waals surface area contributed by atoms with Crippen LogP contribution in [0.15, 0.2) is 170 Å². The zero-order valence-corrected chi connectivity index (χ0v) is 28.0. The van der Waals surface area contributed by atoms with Crippen LogP contribution in [0, 0.1) is 0 Å². The third-order valence-corrected chi connectivity index (χ3v) is 11.0. The molecule has 4 nitrogen and oxygen atoms in total. The van der Waals surface area contributed by atoms with E-state index in [1.54, 1.807) is 0 Å². The van der Waals surface area contributed by atoms with Gasteiger partial charge in [0.15, 0.2) is 0 Å². The molecular formula is C48H28N4. The van der Waals surface area contributed by atoms with E-state index in [2.05, 4.69) is 179 Å². The fourth-order valence-corrected chi connectivity index (χ4v) is 8.93. The second-order valence-corrected chi connectivity index (χ2v) is 13.7. The SMILES string of the molecule is c1ccc(-c2nc(-n3c4ccccc4c4c5c6c(cc43)c3ccccc3n6-c3ccccc3-c3ccccc3-5)nc3ccc4ccccc4c23)cc1. The number of hydrogen-bond donors (Lipinski definition) is 0. The van der Waals surface area contributed by atoms with Crippen LogP contribution >= 0.6 is 0 Å². The molecule has 0 saturated heterocycles. The van der Waals surface area contributed by atoms with E-state index in [1.165, 1.54) is 65.9 Å². The Bertz CT molecular complexity index is 3290. The molecule has 0 unspecified atom stereocenters. The first-order valence-electron chi connectivity index (χ1n) is 17.8. The smallest absolute Gasteiger partial charge is 0.235 e. The van der Waals surface area contributed by atoms with E-state index in [1.807, 2.05) is 0 Å². The summed E-state index contributed by atoms with van der Waals surface area (Å²) < 4.78 is 4.79. The van der Waals surface area contributed by atoms with E-state index < -0.39 is 0 Å². The van der Waals surface area contributed by atoms with Crippen LogP contribution in [-0.2, 0) is 0 Å². The average molecular weight is 661 g/mol. The number of benzene rings is 8. The molecule has 3 aromatic heterocycles. The van der Waals surface area contributed by atoms with E-state index in [0.717, 1.165) is 38.6 Å². The number of hydrogen-bond acceptors (Lipinski definition) is 2. The van der Waals surface area contributed by atoms with Gasteiger partial charge in [0.2, 0.25) is 5.95 Å². The molecule has 1 aliphatic heterocycles. The van der Waals surface area contributed by atoms with Gasteiger partial charge in [0, 0.05) is 43.6 Å². The van der Waals surface area contributed by atoms with Crippen LogP contribution in [-0.4, -0.2) is 19.1 Å². The fraction of sp³-hybridized carbons (Fsp3) is 0. The lowest BCUT2D eigenvalue weighted by molar-refractivity contribution is 1.01. The third-order valence-electron chi connectivity index (χ3n) is 11.0. The van der Waals surface area contributed by atoms with Crippen molar-refractivity contribution < 1.29 is 0 Å². The maximum Gasteiger partial charge on any atom is 0.235 e. The highest BCUT2D eigenvalue weighted by atomic mass is 15.2. The predicted octanol–water partition coefficient (Wildman–Crippen LogP) is 12.3. The molecule has 4 heterocycles. The summed E-state index contributed by atoms with van der Waals surface area (Å²) in [5, 5.41) is 8.21. The van der Waals surface area contributed by atoms with Gasteiger partial charge in [-0.15, -0.1) is 0 Å². The first-order valence-corrected chi connectivity index (χ1v) is 17.8. The molecule has 0 radical (unpaired) electrons. The van der Waals surface area contributed by atoms with Crippen LogP contribution in [0.4, 0.5) is 0 Å². The molecule has 52 heavy (non-hydrogen) atoms. The van der Waals surface area contributed by atoms with Crippen molar-refractivity contribution in [1.29, 1.82) is 0 Å². The minimum absolute atomic E-state index is 0.660. The number of aromatic nitrogens is 4. The number of rotatable bonds is 2. The first kappa shape index (κ1) is 27.7. The molecule has 0 spiro atoms. The van der Waals surface area contributed by atoms with Crippen LogP contribution in [0.5, 0.6) is 0 Å². The van der Waals surface area contributed by atoms with Crippen molar-refractivity contribution in [1.82, 2.24) is 19.1 Å². The van der Waals surface area contributed by atoms with Crippen LogP contribution in [0.1, 0.15) is 0 Å². The zero-order valence-electron chi connectivity index (χ0n) is 28.0. The number of para-hydroxylation sites is 3. The summed E-state index contributed by atoms with van der Waals surface area (Å²) in [7, 11) is 0. The van der Waals surface area contributed by atoms with Gasteiger partial charge in [-0.3, -0.25) is 4.57 Å². The Morgan fingerprint density at radius 2 is 1.06 bits per heavy atom. The Kier molecular flexibility index (Phi) is 5.47. The van der Waals surface area contributed by atoms with Gasteiger partial charge in [0.05, 0.1) is 39.0 Å². The summed E-state index contributed by atoms with van der Waals surface area (Å²) in [6.07, 6.45) is 0.